The fourth-order valence-electron chi connectivity index (χ4n) is 1.89. The van der Waals surface area contributed by atoms with Gasteiger partial charge in [0.25, 0.3) is 0 Å². The lowest BCUT2D eigenvalue weighted by molar-refractivity contribution is -0.124. The summed E-state index contributed by atoms with van der Waals surface area (Å²) in [7, 11) is -3.17. The van der Waals surface area contributed by atoms with Crippen LogP contribution in [0.1, 0.15) is 26.2 Å². The number of rotatable bonds is 6. The number of carbonyl (C=O) groups is 1. The Bertz CT molecular complexity index is 361. The molecule has 1 amide bonds. The topological polar surface area (TPSA) is 101 Å². The van der Waals surface area contributed by atoms with Crippen LogP contribution in [0.4, 0.5) is 0 Å². The van der Waals surface area contributed by atoms with Crippen molar-refractivity contribution in [2.24, 2.45) is 11.7 Å². The molecule has 0 aromatic rings. The smallest absolute Gasteiger partial charge is 0.223 e. The molecule has 108 valence electrons. The van der Waals surface area contributed by atoms with Crippen LogP contribution >= 0.6 is 12.4 Å². The summed E-state index contributed by atoms with van der Waals surface area (Å²) in [5.41, 5.74) is 5.72. The maximum absolute atomic E-state index is 11.6. The minimum Gasteiger partial charge on any atom is -0.355 e. The van der Waals surface area contributed by atoms with Crippen molar-refractivity contribution in [2.75, 3.05) is 18.8 Å². The van der Waals surface area contributed by atoms with Gasteiger partial charge in [0.05, 0.1) is 5.75 Å². The van der Waals surface area contributed by atoms with Crippen LogP contribution in [0, 0.1) is 5.92 Å². The fraction of sp³-hybridized carbons (Fsp3) is 0.900. The van der Waals surface area contributed by atoms with Crippen LogP contribution in [0.25, 0.3) is 0 Å². The highest BCUT2D eigenvalue weighted by molar-refractivity contribution is 7.89. The number of nitrogens with two attached hydrogens (primary N) is 1. The molecule has 0 heterocycles. The molecule has 1 saturated carbocycles. The van der Waals surface area contributed by atoms with E-state index >= 15 is 0 Å². The number of nitrogens with one attached hydrogen (secondary N) is 2. The van der Waals surface area contributed by atoms with E-state index in [1.807, 2.05) is 0 Å². The van der Waals surface area contributed by atoms with Crippen molar-refractivity contribution in [3.8, 4) is 0 Å². The van der Waals surface area contributed by atoms with Crippen LogP contribution in [-0.2, 0) is 14.8 Å². The summed E-state index contributed by atoms with van der Waals surface area (Å²) in [6, 6.07) is 0.129. The Labute approximate surface area is 115 Å². The molecule has 8 heteroatoms. The molecule has 2 atom stereocenters. The van der Waals surface area contributed by atoms with Gasteiger partial charge in [-0.15, -0.1) is 12.4 Å². The predicted octanol–water partition coefficient (Wildman–Crippen LogP) is -0.409. The Balaban J connectivity index is 0.00000289. The first-order valence-corrected chi connectivity index (χ1v) is 7.60. The Hall–Kier alpha value is -0.370. The van der Waals surface area contributed by atoms with E-state index in [0.717, 1.165) is 19.3 Å². The van der Waals surface area contributed by atoms with Crippen LogP contribution in [0.15, 0.2) is 0 Å². The minimum absolute atomic E-state index is 0. The lowest BCUT2D eigenvalue weighted by Crippen LogP contribution is -2.37. The average molecular weight is 300 g/mol. The second kappa shape index (κ2) is 7.93. The van der Waals surface area contributed by atoms with Crippen molar-refractivity contribution in [2.45, 2.75) is 32.2 Å². The van der Waals surface area contributed by atoms with Gasteiger partial charge in [-0.05, 0) is 26.2 Å². The highest BCUT2D eigenvalue weighted by atomic mass is 35.5. The molecule has 4 N–H and O–H groups in total. The first kappa shape index (κ1) is 17.6. The largest absolute Gasteiger partial charge is 0.355 e. The quantitative estimate of drug-likeness (QED) is 0.580. The van der Waals surface area contributed by atoms with E-state index in [1.54, 1.807) is 6.92 Å². The first-order valence-electron chi connectivity index (χ1n) is 5.95. The van der Waals surface area contributed by atoms with Crippen LogP contribution in [0.2, 0.25) is 0 Å². The number of hydrogen-bond donors (Lipinski definition) is 3. The van der Waals surface area contributed by atoms with Gasteiger partial charge in [0.2, 0.25) is 15.9 Å². The van der Waals surface area contributed by atoms with Crippen LogP contribution < -0.4 is 15.8 Å². The van der Waals surface area contributed by atoms with Gasteiger partial charge in [-0.1, -0.05) is 0 Å². The van der Waals surface area contributed by atoms with Crippen molar-refractivity contribution in [1.82, 2.24) is 10.0 Å². The van der Waals surface area contributed by atoms with Crippen molar-refractivity contribution >= 4 is 28.3 Å². The van der Waals surface area contributed by atoms with Crippen molar-refractivity contribution < 1.29 is 13.2 Å². The van der Waals surface area contributed by atoms with E-state index < -0.39 is 10.0 Å². The lowest BCUT2D eigenvalue weighted by Gasteiger charge is -2.11. The van der Waals surface area contributed by atoms with Crippen molar-refractivity contribution in [1.29, 1.82) is 0 Å². The molecule has 0 aliphatic heterocycles. The molecule has 1 fully saturated rings. The zero-order valence-electron chi connectivity index (χ0n) is 10.5. The second-order valence-corrected chi connectivity index (χ2v) is 6.45. The summed E-state index contributed by atoms with van der Waals surface area (Å²) in [6.45, 7) is 2.13. The SMILES string of the molecule is CCS(=O)(=O)NCCNC(=O)C1CCC(N)C1.Cl. The van der Waals surface area contributed by atoms with Crippen LogP contribution in [0.5, 0.6) is 0 Å². The number of halogens is 1. The Kier molecular flexibility index (Phi) is 7.77. The summed E-state index contributed by atoms with van der Waals surface area (Å²) in [5.74, 6) is 0.0275. The zero-order valence-corrected chi connectivity index (χ0v) is 12.1. The van der Waals surface area contributed by atoms with E-state index in [9.17, 15) is 13.2 Å². The third-order valence-corrected chi connectivity index (χ3v) is 4.37. The van der Waals surface area contributed by atoms with Crippen LogP contribution in [-0.4, -0.2) is 39.2 Å². The van der Waals surface area contributed by atoms with Gasteiger partial charge in [-0.3, -0.25) is 4.79 Å². The van der Waals surface area contributed by atoms with Gasteiger partial charge < -0.3 is 11.1 Å². The maximum atomic E-state index is 11.6. The molecule has 0 bridgehead atoms. The van der Waals surface area contributed by atoms with E-state index in [2.05, 4.69) is 10.0 Å². The highest BCUT2D eigenvalue weighted by Gasteiger charge is 2.27. The molecule has 1 aliphatic rings. The van der Waals surface area contributed by atoms with Gasteiger partial charge in [-0.2, -0.15) is 0 Å². The maximum Gasteiger partial charge on any atom is 0.223 e. The highest BCUT2D eigenvalue weighted by Crippen LogP contribution is 2.23. The average Bonchev–Trinajstić information content (AvgIpc) is 2.71. The van der Waals surface area contributed by atoms with Gasteiger partial charge in [0.15, 0.2) is 0 Å². The summed E-state index contributed by atoms with van der Waals surface area (Å²) in [4.78, 5) is 11.6. The predicted molar refractivity (Wildman–Crippen MR) is 73.0 cm³/mol. The number of amides is 1. The number of hydrogen-bond acceptors (Lipinski definition) is 4. The summed E-state index contributed by atoms with van der Waals surface area (Å²) in [5, 5.41) is 2.72. The third kappa shape index (κ3) is 5.99. The third-order valence-electron chi connectivity index (χ3n) is 2.97. The summed E-state index contributed by atoms with van der Waals surface area (Å²) in [6.07, 6.45) is 2.45. The van der Waals surface area contributed by atoms with Gasteiger partial charge >= 0.3 is 0 Å². The molecule has 0 aromatic heterocycles. The van der Waals surface area contributed by atoms with E-state index in [0.29, 0.717) is 6.54 Å². The zero-order chi connectivity index (χ0) is 12.9. The monoisotopic (exact) mass is 299 g/mol. The molecule has 2 unspecified atom stereocenters. The lowest BCUT2D eigenvalue weighted by atomic mass is 10.1. The molecule has 6 nitrogen and oxygen atoms in total. The molecule has 0 spiro atoms. The molecule has 0 saturated heterocycles. The molecular formula is C10H22ClN3O3S. The van der Waals surface area contributed by atoms with E-state index in [1.165, 1.54) is 0 Å². The second-order valence-electron chi connectivity index (χ2n) is 4.36. The molecule has 1 rings (SSSR count). The summed E-state index contributed by atoms with van der Waals surface area (Å²) >= 11 is 0. The minimum atomic E-state index is -3.17. The van der Waals surface area contributed by atoms with Gasteiger partial charge in [0.1, 0.15) is 0 Å². The molecular weight excluding hydrogens is 278 g/mol. The molecule has 0 aromatic carbocycles. The normalized spacial score (nSPS) is 23.4. The Morgan fingerprint density at radius 2 is 2.00 bits per heavy atom. The summed E-state index contributed by atoms with van der Waals surface area (Å²) < 4.78 is 24.6. The number of sulfonamides is 1. The van der Waals surface area contributed by atoms with Gasteiger partial charge in [0, 0.05) is 25.0 Å². The van der Waals surface area contributed by atoms with Crippen LogP contribution in [0.3, 0.4) is 0 Å². The van der Waals surface area contributed by atoms with Crippen molar-refractivity contribution in [3.63, 3.8) is 0 Å². The molecule has 18 heavy (non-hydrogen) atoms. The van der Waals surface area contributed by atoms with Gasteiger partial charge in [-0.25, -0.2) is 13.1 Å². The first-order chi connectivity index (χ1) is 7.94. The fourth-order valence-corrected chi connectivity index (χ4v) is 2.51. The molecule has 1 aliphatic carbocycles. The Morgan fingerprint density at radius 1 is 1.33 bits per heavy atom. The van der Waals surface area contributed by atoms with E-state index in [4.69, 9.17) is 5.73 Å². The number of carbonyl (C=O) groups excluding carboxylic acids is 1. The van der Waals surface area contributed by atoms with E-state index in [-0.39, 0.29) is 42.6 Å². The Morgan fingerprint density at radius 3 is 2.50 bits per heavy atom. The molecule has 0 radical (unpaired) electrons. The van der Waals surface area contributed by atoms with Crippen molar-refractivity contribution in [3.05, 3.63) is 0 Å². The standard InChI is InChI=1S/C10H21N3O3S.ClH/c1-2-17(15,16)13-6-5-12-10(14)8-3-4-9(11)7-8;/h8-9,13H,2-7,11H2,1H3,(H,12,14);1H.